The standard InChI is InChI=1S/C25H31FN4O2/c1-2-27-24(29-17-25(11-12-25)19-6-4-7-20(26)14-19)28-15-18-5-3-8-22(13-18)32-16-23(31)30-21-9-10-21/h3-8,13-14,21H,2,9-12,15-17H2,1H3,(H,30,31)(H2,27,28,29). The number of carbonyl (C=O) groups excluding carboxylic acids is 1. The molecule has 0 saturated heterocycles. The molecular formula is C25H31FN4O2. The van der Waals surface area contributed by atoms with E-state index in [0.29, 0.717) is 24.9 Å². The molecule has 0 bridgehead atoms. The van der Waals surface area contributed by atoms with Crippen LogP contribution in [0.4, 0.5) is 4.39 Å². The first-order valence-electron chi connectivity index (χ1n) is 11.4. The van der Waals surface area contributed by atoms with Gasteiger partial charge in [0.05, 0.1) is 6.54 Å². The van der Waals surface area contributed by atoms with Crippen LogP contribution in [0.2, 0.25) is 0 Å². The highest BCUT2D eigenvalue weighted by atomic mass is 19.1. The number of hydrogen-bond acceptors (Lipinski definition) is 3. The Morgan fingerprint density at radius 1 is 1.16 bits per heavy atom. The van der Waals surface area contributed by atoms with E-state index >= 15 is 0 Å². The maximum Gasteiger partial charge on any atom is 0.258 e. The molecule has 170 valence electrons. The Kier molecular flexibility index (Phi) is 6.93. The van der Waals surface area contributed by atoms with E-state index in [4.69, 9.17) is 9.73 Å². The molecule has 2 saturated carbocycles. The molecule has 2 aromatic rings. The average Bonchev–Trinajstić information content (AvgIpc) is 3.71. The summed E-state index contributed by atoms with van der Waals surface area (Å²) in [7, 11) is 0. The summed E-state index contributed by atoms with van der Waals surface area (Å²) in [5, 5.41) is 9.61. The predicted octanol–water partition coefficient (Wildman–Crippen LogP) is 3.27. The molecule has 32 heavy (non-hydrogen) atoms. The van der Waals surface area contributed by atoms with Crippen molar-refractivity contribution in [3.8, 4) is 5.75 Å². The minimum absolute atomic E-state index is 0.0207. The number of carbonyl (C=O) groups is 1. The quantitative estimate of drug-likeness (QED) is 0.393. The fourth-order valence-electron chi connectivity index (χ4n) is 3.68. The van der Waals surface area contributed by atoms with E-state index in [1.807, 2.05) is 37.3 Å². The van der Waals surface area contributed by atoms with Crippen LogP contribution in [-0.2, 0) is 16.8 Å². The van der Waals surface area contributed by atoms with Crippen molar-refractivity contribution in [2.45, 2.75) is 50.6 Å². The van der Waals surface area contributed by atoms with Crippen molar-refractivity contribution in [3.05, 3.63) is 65.5 Å². The van der Waals surface area contributed by atoms with Gasteiger partial charge in [-0.25, -0.2) is 9.38 Å². The predicted molar refractivity (Wildman–Crippen MR) is 123 cm³/mol. The molecule has 2 aromatic carbocycles. The minimum atomic E-state index is -0.193. The van der Waals surface area contributed by atoms with Crippen LogP contribution in [0, 0.1) is 5.82 Å². The first kappa shape index (κ1) is 22.1. The summed E-state index contributed by atoms with van der Waals surface area (Å²) in [6.45, 7) is 3.99. The third-order valence-electron chi connectivity index (χ3n) is 5.86. The van der Waals surface area contributed by atoms with Crippen LogP contribution < -0.4 is 20.7 Å². The van der Waals surface area contributed by atoms with Crippen LogP contribution in [0.5, 0.6) is 5.75 Å². The van der Waals surface area contributed by atoms with Crippen molar-refractivity contribution >= 4 is 11.9 Å². The maximum absolute atomic E-state index is 13.7. The number of nitrogens with one attached hydrogen (secondary N) is 3. The molecule has 0 aliphatic heterocycles. The summed E-state index contributed by atoms with van der Waals surface area (Å²) in [6.07, 6.45) is 4.20. The van der Waals surface area contributed by atoms with E-state index in [9.17, 15) is 9.18 Å². The second kappa shape index (κ2) is 10.0. The minimum Gasteiger partial charge on any atom is -0.484 e. The summed E-state index contributed by atoms with van der Waals surface area (Å²) in [5.74, 6) is 1.11. The monoisotopic (exact) mass is 438 g/mol. The van der Waals surface area contributed by atoms with Gasteiger partial charge in [0.15, 0.2) is 12.6 Å². The smallest absolute Gasteiger partial charge is 0.258 e. The Balaban J connectivity index is 1.32. The highest BCUT2D eigenvalue weighted by Crippen LogP contribution is 2.47. The fourth-order valence-corrected chi connectivity index (χ4v) is 3.68. The number of halogens is 1. The molecule has 0 heterocycles. The van der Waals surface area contributed by atoms with Gasteiger partial charge in [0.25, 0.3) is 5.91 Å². The lowest BCUT2D eigenvalue weighted by atomic mass is 9.96. The van der Waals surface area contributed by atoms with Crippen molar-refractivity contribution in [2.24, 2.45) is 4.99 Å². The molecule has 0 aromatic heterocycles. The molecule has 2 aliphatic rings. The van der Waals surface area contributed by atoms with Gasteiger partial charge in [-0.05, 0) is 68.0 Å². The third kappa shape index (κ3) is 6.22. The molecule has 1 amide bonds. The second-order valence-electron chi connectivity index (χ2n) is 8.62. The van der Waals surface area contributed by atoms with Gasteiger partial charge in [-0.3, -0.25) is 4.79 Å². The van der Waals surface area contributed by atoms with Gasteiger partial charge in [0.1, 0.15) is 11.6 Å². The summed E-state index contributed by atoms with van der Waals surface area (Å²) < 4.78 is 19.3. The Morgan fingerprint density at radius 3 is 2.69 bits per heavy atom. The first-order valence-corrected chi connectivity index (χ1v) is 11.4. The average molecular weight is 439 g/mol. The number of nitrogens with zero attached hydrogens (tertiary/aromatic N) is 1. The van der Waals surface area contributed by atoms with Gasteiger partial charge < -0.3 is 20.7 Å². The van der Waals surface area contributed by atoms with Gasteiger partial charge in [-0.15, -0.1) is 0 Å². The molecule has 6 nitrogen and oxygen atoms in total. The van der Waals surface area contributed by atoms with Crippen LogP contribution >= 0.6 is 0 Å². The summed E-state index contributed by atoms with van der Waals surface area (Å²) in [4.78, 5) is 16.5. The molecule has 3 N–H and O–H groups in total. The van der Waals surface area contributed by atoms with Gasteiger partial charge in [0.2, 0.25) is 0 Å². The Bertz CT molecular complexity index is 970. The number of guanidine groups is 1. The SMILES string of the molecule is CCNC(=NCc1cccc(OCC(=O)NC2CC2)c1)NCC1(c2cccc(F)c2)CC1. The van der Waals surface area contributed by atoms with E-state index in [0.717, 1.165) is 49.3 Å². The lowest BCUT2D eigenvalue weighted by molar-refractivity contribution is -0.123. The van der Waals surface area contributed by atoms with E-state index in [2.05, 4.69) is 16.0 Å². The molecule has 4 rings (SSSR count). The van der Waals surface area contributed by atoms with E-state index in [-0.39, 0.29) is 23.7 Å². The number of amides is 1. The number of rotatable bonds is 10. The second-order valence-corrected chi connectivity index (χ2v) is 8.62. The molecule has 0 radical (unpaired) electrons. The van der Waals surface area contributed by atoms with Crippen LogP contribution in [-0.4, -0.2) is 37.6 Å². The fraction of sp³-hybridized carbons (Fsp3) is 0.440. The summed E-state index contributed by atoms with van der Waals surface area (Å²) in [6, 6.07) is 14.9. The number of aliphatic imine (C=N–C) groups is 1. The zero-order chi connectivity index (χ0) is 22.4. The molecule has 0 atom stereocenters. The molecule has 7 heteroatoms. The Labute approximate surface area is 188 Å². The van der Waals surface area contributed by atoms with Crippen molar-refractivity contribution in [2.75, 3.05) is 19.7 Å². The van der Waals surface area contributed by atoms with Crippen molar-refractivity contribution in [1.82, 2.24) is 16.0 Å². The van der Waals surface area contributed by atoms with E-state index < -0.39 is 0 Å². The molecule has 0 spiro atoms. The largest absolute Gasteiger partial charge is 0.484 e. The van der Waals surface area contributed by atoms with Crippen LogP contribution in [0.25, 0.3) is 0 Å². The highest BCUT2D eigenvalue weighted by Gasteiger charge is 2.44. The first-order chi connectivity index (χ1) is 15.6. The van der Waals surface area contributed by atoms with Crippen molar-refractivity contribution < 1.29 is 13.9 Å². The summed E-state index contributed by atoms with van der Waals surface area (Å²) >= 11 is 0. The molecule has 2 fully saturated rings. The number of hydrogen-bond donors (Lipinski definition) is 3. The number of ether oxygens (including phenoxy) is 1. The number of benzene rings is 2. The Morgan fingerprint density at radius 2 is 1.97 bits per heavy atom. The van der Waals surface area contributed by atoms with Gasteiger partial charge in [0, 0.05) is 24.5 Å². The molecule has 0 unspecified atom stereocenters. The van der Waals surface area contributed by atoms with Gasteiger partial charge in [-0.1, -0.05) is 24.3 Å². The zero-order valence-electron chi connectivity index (χ0n) is 18.5. The lowest BCUT2D eigenvalue weighted by Gasteiger charge is -2.19. The van der Waals surface area contributed by atoms with Gasteiger partial charge in [-0.2, -0.15) is 0 Å². The maximum atomic E-state index is 13.7. The van der Waals surface area contributed by atoms with E-state index in [1.54, 1.807) is 12.1 Å². The van der Waals surface area contributed by atoms with Crippen LogP contribution in [0.15, 0.2) is 53.5 Å². The summed E-state index contributed by atoms with van der Waals surface area (Å²) in [5.41, 5.74) is 2.01. The van der Waals surface area contributed by atoms with E-state index in [1.165, 1.54) is 6.07 Å². The zero-order valence-corrected chi connectivity index (χ0v) is 18.5. The Hall–Kier alpha value is -3.09. The van der Waals surface area contributed by atoms with Gasteiger partial charge >= 0.3 is 0 Å². The molecule has 2 aliphatic carbocycles. The lowest BCUT2D eigenvalue weighted by Crippen LogP contribution is -2.41. The van der Waals surface area contributed by atoms with Crippen molar-refractivity contribution in [3.63, 3.8) is 0 Å². The topological polar surface area (TPSA) is 74.8 Å². The highest BCUT2D eigenvalue weighted by molar-refractivity contribution is 5.80. The third-order valence-corrected chi connectivity index (χ3v) is 5.86. The van der Waals surface area contributed by atoms with Crippen molar-refractivity contribution in [1.29, 1.82) is 0 Å². The van der Waals surface area contributed by atoms with Crippen LogP contribution in [0.3, 0.4) is 0 Å². The van der Waals surface area contributed by atoms with Crippen LogP contribution in [0.1, 0.15) is 43.7 Å². The normalized spacial score (nSPS) is 16.9. The molecular weight excluding hydrogens is 407 g/mol.